The Kier molecular flexibility index (Phi) is 2.81. The van der Waals surface area contributed by atoms with Crippen molar-refractivity contribution in [1.82, 2.24) is 4.98 Å². The van der Waals surface area contributed by atoms with Crippen LogP contribution >= 0.6 is 0 Å². The molecule has 1 aliphatic rings. The number of fused-ring (bicyclic) bond motifs is 1. The minimum absolute atomic E-state index is 0.105. The highest BCUT2D eigenvalue weighted by Crippen LogP contribution is 2.34. The van der Waals surface area contributed by atoms with Crippen LogP contribution in [0.5, 0.6) is 0 Å². The molecule has 1 heterocycles. The summed E-state index contributed by atoms with van der Waals surface area (Å²) in [6.07, 6.45) is 7.89. The van der Waals surface area contributed by atoms with Gasteiger partial charge in [-0.05, 0) is 48.6 Å². The maximum atomic E-state index is 9.91. The molecule has 0 aliphatic heterocycles. The number of nitrogens with zero attached hydrogens (tertiary/aromatic N) is 1. The van der Waals surface area contributed by atoms with E-state index < -0.39 is 0 Å². The first kappa shape index (κ1) is 10.7. The van der Waals surface area contributed by atoms with Crippen LogP contribution < -0.4 is 0 Å². The average molecular weight is 227 g/mol. The zero-order valence-electron chi connectivity index (χ0n) is 9.84. The monoisotopic (exact) mass is 227 g/mol. The zero-order valence-corrected chi connectivity index (χ0v) is 9.84. The van der Waals surface area contributed by atoms with Crippen molar-refractivity contribution in [2.75, 3.05) is 0 Å². The molecule has 1 aliphatic carbocycles. The lowest BCUT2D eigenvalue weighted by Crippen LogP contribution is -2.10. The minimum Gasteiger partial charge on any atom is -0.393 e. The summed E-state index contributed by atoms with van der Waals surface area (Å²) in [6.45, 7) is 0. The predicted octanol–water partition coefficient (Wildman–Crippen LogP) is 2.94. The summed E-state index contributed by atoms with van der Waals surface area (Å²) in [5.74, 6) is 0.576. The number of aromatic nitrogens is 1. The second-order valence-electron chi connectivity index (χ2n) is 4.96. The van der Waals surface area contributed by atoms with E-state index in [1.54, 1.807) is 0 Å². The van der Waals surface area contributed by atoms with Crippen LogP contribution in [0.4, 0.5) is 0 Å². The number of benzene rings is 1. The summed E-state index contributed by atoms with van der Waals surface area (Å²) in [7, 11) is 0. The molecule has 1 unspecified atom stereocenters. The summed E-state index contributed by atoms with van der Waals surface area (Å²) in [4.78, 5) is 4.14. The van der Waals surface area contributed by atoms with Gasteiger partial charge in [-0.2, -0.15) is 0 Å². The molecule has 1 saturated carbocycles. The number of hydrogen-bond acceptors (Lipinski definition) is 2. The molecule has 0 radical (unpaired) electrons. The summed E-state index contributed by atoms with van der Waals surface area (Å²) >= 11 is 0. The molecule has 2 heteroatoms. The van der Waals surface area contributed by atoms with E-state index in [1.165, 1.54) is 29.2 Å². The van der Waals surface area contributed by atoms with E-state index in [2.05, 4.69) is 29.2 Å². The molecule has 17 heavy (non-hydrogen) atoms. The van der Waals surface area contributed by atoms with Crippen molar-refractivity contribution in [3.8, 4) is 0 Å². The van der Waals surface area contributed by atoms with Crippen molar-refractivity contribution < 1.29 is 5.11 Å². The summed E-state index contributed by atoms with van der Waals surface area (Å²) in [5, 5.41) is 12.4. The fourth-order valence-electron chi connectivity index (χ4n) is 2.43. The van der Waals surface area contributed by atoms with E-state index in [0.29, 0.717) is 5.92 Å². The third kappa shape index (κ3) is 2.32. The standard InChI is InChI=1S/C15H17NO/c17-15(12-4-5-12)7-6-11-2-1-3-13-10-16-9-8-14(11)13/h1-3,8-10,12,15,17H,4-7H2. The number of pyridine rings is 1. The topological polar surface area (TPSA) is 33.1 Å². The molecule has 1 aromatic carbocycles. The lowest BCUT2D eigenvalue weighted by molar-refractivity contribution is 0.142. The maximum Gasteiger partial charge on any atom is 0.0571 e. The molecular weight excluding hydrogens is 210 g/mol. The number of aliphatic hydroxyl groups is 1. The third-order valence-electron chi connectivity index (χ3n) is 3.65. The number of rotatable bonds is 4. The van der Waals surface area contributed by atoms with Crippen molar-refractivity contribution in [3.05, 3.63) is 42.2 Å². The highest BCUT2D eigenvalue weighted by molar-refractivity contribution is 5.84. The molecule has 1 fully saturated rings. The maximum absolute atomic E-state index is 9.91. The second-order valence-corrected chi connectivity index (χ2v) is 4.96. The van der Waals surface area contributed by atoms with Gasteiger partial charge < -0.3 is 5.11 Å². The Morgan fingerprint density at radius 2 is 2.18 bits per heavy atom. The fourth-order valence-corrected chi connectivity index (χ4v) is 2.43. The Labute approximate surface area is 101 Å². The molecule has 0 amide bonds. The van der Waals surface area contributed by atoms with Crippen LogP contribution in [-0.4, -0.2) is 16.2 Å². The molecule has 0 saturated heterocycles. The lowest BCUT2D eigenvalue weighted by atomic mass is 9.99. The van der Waals surface area contributed by atoms with Crippen molar-refractivity contribution in [2.45, 2.75) is 31.8 Å². The van der Waals surface area contributed by atoms with Crippen molar-refractivity contribution in [3.63, 3.8) is 0 Å². The van der Waals surface area contributed by atoms with Gasteiger partial charge in [-0.1, -0.05) is 18.2 Å². The van der Waals surface area contributed by atoms with Crippen LogP contribution in [0, 0.1) is 5.92 Å². The largest absolute Gasteiger partial charge is 0.393 e. The van der Waals surface area contributed by atoms with Crippen LogP contribution in [0.3, 0.4) is 0 Å². The molecule has 0 spiro atoms. The van der Waals surface area contributed by atoms with Gasteiger partial charge in [0, 0.05) is 17.8 Å². The number of hydrogen-bond donors (Lipinski definition) is 1. The van der Waals surface area contributed by atoms with Gasteiger partial charge in [0.2, 0.25) is 0 Å². The Balaban J connectivity index is 1.79. The van der Waals surface area contributed by atoms with Gasteiger partial charge in [-0.15, -0.1) is 0 Å². The quantitative estimate of drug-likeness (QED) is 0.871. The van der Waals surface area contributed by atoms with E-state index >= 15 is 0 Å². The molecule has 2 nitrogen and oxygen atoms in total. The van der Waals surface area contributed by atoms with Crippen LogP contribution in [-0.2, 0) is 6.42 Å². The zero-order chi connectivity index (χ0) is 11.7. The first-order chi connectivity index (χ1) is 8.34. The Morgan fingerprint density at radius 3 is 3.00 bits per heavy atom. The van der Waals surface area contributed by atoms with Crippen LogP contribution in [0.1, 0.15) is 24.8 Å². The van der Waals surface area contributed by atoms with Crippen LogP contribution in [0.2, 0.25) is 0 Å². The normalized spacial score (nSPS) is 17.2. The molecule has 1 aromatic heterocycles. The highest BCUT2D eigenvalue weighted by Gasteiger charge is 2.29. The van der Waals surface area contributed by atoms with E-state index in [4.69, 9.17) is 0 Å². The Hall–Kier alpha value is -1.41. The second kappa shape index (κ2) is 4.46. The van der Waals surface area contributed by atoms with E-state index in [9.17, 15) is 5.11 Å². The predicted molar refractivity (Wildman–Crippen MR) is 68.8 cm³/mol. The van der Waals surface area contributed by atoms with Gasteiger partial charge in [0.1, 0.15) is 0 Å². The lowest BCUT2D eigenvalue weighted by Gasteiger charge is -2.10. The average Bonchev–Trinajstić information content (AvgIpc) is 3.20. The van der Waals surface area contributed by atoms with Crippen molar-refractivity contribution >= 4 is 10.8 Å². The highest BCUT2D eigenvalue weighted by atomic mass is 16.3. The van der Waals surface area contributed by atoms with Gasteiger partial charge in [0.25, 0.3) is 0 Å². The number of aliphatic hydroxyl groups excluding tert-OH is 1. The van der Waals surface area contributed by atoms with Gasteiger partial charge in [0.05, 0.1) is 6.10 Å². The molecule has 1 N–H and O–H groups in total. The molecule has 2 aromatic rings. The van der Waals surface area contributed by atoms with E-state index in [-0.39, 0.29) is 6.10 Å². The smallest absolute Gasteiger partial charge is 0.0571 e. The van der Waals surface area contributed by atoms with Gasteiger partial charge >= 0.3 is 0 Å². The van der Waals surface area contributed by atoms with Crippen LogP contribution in [0.25, 0.3) is 10.8 Å². The first-order valence-electron chi connectivity index (χ1n) is 6.34. The van der Waals surface area contributed by atoms with E-state index in [1.807, 2.05) is 12.4 Å². The third-order valence-corrected chi connectivity index (χ3v) is 3.65. The molecule has 0 bridgehead atoms. The molecular formula is C15H17NO. The van der Waals surface area contributed by atoms with Crippen molar-refractivity contribution in [1.29, 1.82) is 0 Å². The van der Waals surface area contributed by atoms with Crippen LogP contribution in [0.15, 0.2) is 36.7 Å². The van der Waals surface area contributed by atoms with Crippen molar-refractivity contribution in [2.24, 2.45) is 5.92 Å². The Bertz CT molecular complexity index is 514. The Morgan fingerprint density at radius 1 is 1.29 bits per heavy atom. The first-order valence-corrected chi connectivity index (χ1v) is 6.34. The number of aryl methyl sites for hydroxylation is 1. The minimum atomic E-state index is -0.105. The summed E-state index contributed by atoms with van der Waals surface area (Å²) in [5.41, 5.74) is 1.32. The fraction of sp³-hybridized carbons (Fsp3) is 0.400. The molecule has 1 atom stereocenters. The van der Waals surface area contributed by atoms with Gasteiger partial charge in [-0.25, -0.2) is 0 Å². The van der Waals surface area contributed by atoms with Gasteiger partial charge in [0.15, 0.2) is 0 Å². The van der Waals surface area contributed by atoms with E-state index in [0.717, 1.165) is 12.8 Å². The summed E-state index contributed by atoms with van der Waals surface area (Å²) in [6, 6.07) is 8.38. The van der Waals surface area contributed by atoms with Gasteiger partial charge in [-0.3, -0.25) is 4.98 Å². The summed E-state index contributed by atoms with van der Waals surface area (Å²) < 4.78 is 0. The molecule has 88 valence electrons. The SMILES string of the molecule is OC(CCc1cccc2cnccc12)C1CC1. The molecule has 3 rings (SSSR count).